The number of anilines is 1. The number of hydrogen-bond acceptors (Lipinski definition) is 10. The van der Waals surface area contributed by atoms with Crippen molar-refractivity contribution in [3.8, 4) is 40.2 Å². The second-order valence-electron chi connectivity index (χ2n) is 10.7. The number of benzene rings is 1. The maximum Gasteiger partial charge on any atom is 0.278 e. The predicted octanol–water partition coefficient (Wildman–Crippen LogP) is 3.36. The first-order valence-electron chi connectivity index (χ1n) is 12.5. The first-order valence-corrected chi connectivity index (χ1v) is 12.5. The zero-order valence-corrected chi connectivity index (χ0v) is 20.9. The molecule has 0 unspecified atom stereocenters. The van der Waals surface area contributed by atoms with Gasteiger partial charge in [0.2, 0.25) is 0 Å². The Morgan fingerprint density at radius 3 is 2.44 bits per heavy atom. The Hall–Kier alpha value is -3.53. The highest BCUT2D eigenvalue weighted by Gasteiger charge is 2.46. The van der Waals surface area contributed by atoms with Gasteiger partial charge in [-0.25, -0.2) is 15.0 Å². The molecule has 5 heterocycles. The first-order chi connectivity index (χ1) is 17.3. The highest BCUT2D eigenvalue weighted by Crippen LogP contribution is 2.42. The van der Waals surface area contributed by atoms with E-state index in [-0.39, 0.29) is 16.8 Å². The molecule has 3 aromatic rings. The monoisotopic (exact) mass is 489 g/mol. The Labute approximate surface area is 210 Å². The summed E-state index contributed by atoms with van der Waals surface area (Å²) in [6.07, 6.45) is 9.13. The third kappa shape index (κ3) is 4.19. The molecule has 188 valence electrons. The maximum absolute atomic E-state index is 10.7. The zero-order chi connectivity index (χ0) is 24.9. The average Bonchev–Trinajstić information content (AvgIpc) is 2.87. The molecule has 2 fully saturated rings. The van der Waals surface area contributed by atoms with E-state index in [9.17, 15) is 5.11 Å². The SMILES string of the molecule is CN(c1cnc(-c2ccc(-c3cnc4c(n3)OCCO4)cc2O)nn1)[C@H]1C[C@]2(C)CCC[C@](C)(C1)N2. The van der Waals surface area contributed by atoms with E-state index in [2.05, 4.69) is 56.3 Å². The summed E-state index contributed by atoms with van der Waals surface area (Å²) in [6.45, 7) is 5.55. The Morgan fingerprint density at radius 1 is 1.00 bits per heavy atom. The molecule has 36 heavy (non-hydrogen) atoms. The molecule has 3 aliphatic rings. The van der Waals surface area contributed by atoms with E-state index in [0.717, 1.165) is 18.7 Å². The van der Waals surface area contributed by atoms with Gasteiger partial charge >= 0.3 is 0 Å². The number of rotatable bonds is 4. The molecule has 2 aromatic heterocycles. The van der Waals surface area contributed by atoms with E-state index in [4.69, 9.17) is 9.47 Å². The fourth-order valence-electron chi connectivity index (χ4n) is 6.01. The molecule has 0 spiro atoms. The van der Waals surface area contributed by atoms with Crippen molar-refractivity contribution < 1.29 is 14.6 Å². The Kier molecular flexibility index (Phi) is 5.44. The summed E-state index contributed by atoms with van der Waals surface area (Å²) in [4.78, 5) is 15.5. The molecule has 10 nitrogen and oxygen atoms in total. The lowest BCUT2D eigenvalue weighted by molar-refractivity contribution is 0.0784. The van der Waals surface area contributed by atoms with Crippen LogP contribution in [0.5, 0.6) is 17.5 Å². The second-order valence-corrected chi connectivity index (χ2v) is 10.7. The molecule has 1 aromatic carbocycles. The molecular formula is C26H31N7O3. The number of nitrogens with zero attached hydrogens (tertiary/aromatic N) is 6. The molecule has 2 saturated heterocycles. The van der Waals surface area contributed by atoms with Gasteiger partial charge in [-0.15, -0.1) is 10.2 Å². The lowest BCUT2D eigenvalue weighted by atomic mass is 9.69. The van der Waals surface area contributed by atoms with Crippen molar-refractivity contribution in [1.29, 1.82) is 0 Å². The quantitative estimate of drug-likeness (QED) is 0.565. The first kappa shape index (κ1) is 22.9. The van der Waals surface area contributed by atoms with Crippen LogP contribution >= 0.6 is 0 Å². The van der Waals surface area contributed by atoms with Crippen LogP contribution in [0, 0.1) is 0 Å². The van der Waals surface area contributed by atoms with Gasteiger partial charge in [0.15, 0.2) is 11.6 Å². The number of nitrogens with one attached hydrogen (secondary N) is 1. The van der Waals surface area contributed by atoms with E-state index in [1.165, 1.54) is 19.3 Å². The summed E-state index contributed by atoms with van der Waals surface area (Å²) in [5.74, 6) is 1.88. The Balaban J connectivity index is 1.20. The number of hydrogen-bond donors (Lipinski definition) is 2. The summed E-state index contributed by atoms with van der Waals surface area (Å²) >= 11 is 0. The van der Waals surface area contributed by atoms with E-state index in [1.807, 2.05) is 6.07 Å². The molecule has 0 aliphatic carbocycles. The summed E-state index contributed by atoms with van der Waals surface area (Å²) in [5, 5.41) is 23.4. The van der Waals surface area contributed by atoms with Crippen molar-refractivity contribution in [3.63, 3.8) is 0 Å². The summed E-state index contributed by atoms with van der Waals surface area (Å²) < 4.78 is 10.9. The van der Waals surface area contributed by atoms with E-state index < -0.39 is 0 Å². The minimum Gasteiger partial charge on any atom is -0.507 e. The van der Waals surface area contributed by atoms with Crippen LogP contribution in [0.4, 0.5) is 5.82 Å². The number of fused-ring (bicyclic) bond motifs is 3. The molecule has 0 amide bonds. The summed E-state index contributed by atoms with van der Waals surface area (Å²) in [7, 11) is 2.07. The lowest BCUT2D eigenvalue weighted by Gasteiger charge is -2.55. The van der Waals surface area contributed by atoms with Crippen molar-refractivity contribution in [2.45, 2.75) is 63.1 Å². The van der Waals surface area contributed by atoms with Crippen LogP contribution in [0.1, 0.15) is 46.0 Å². The number of piperidine rings is 2. The molecule has 10 heteroatoms. The molecule has 2 bridgehead atoms. The van der Waals surface area contributed by atoms with Crippen LogP contribution in [0.2, 0.25) is 0 Å². The highest BCUT2D eigenvalue weighted by atomic mass is 16.6. The van der Waals surface area contributed by atoms with Gasteiger partial charge in [0.1, 0.15) is 19.0 Å². The number of aromatic hydroxyl groups is 1. The normalized spacial score (nSPS) is 26.9. The zero-order valence-electron chi connectivity index (χ0n) is 20.9. The highest BCUT2D eigenvalue weighted by molar-refractivity contribution is 5.71. The van der Waals surface area contributed by atoms with Crippen LogP contribution in [0.3, 0.4) is 0 Å². The van der Waals surface area contributed by atoms with Crippen molar-refractivity contribution >= 4 is 5.82 Å². The Morgan fingerprint density at radius 2 is 1.75 bits per heavy atom. The van der Waals surface area contributed by atoms with E-state index in [1.54, 1.807) is 24.5 Å². The standard InChI is InChI=1S/C26H31N7O3/c1-25-7-4-8-26(2,32-25)13-17(12-25)33(3)21-15-27-22(31-30-21)18-6-5-16(11-20(18)34)19-14-28-23-24(29-19)36-10-9-35-23/h5-6,11,14-15,17,32,34H,4,7-10,12-13H2,1-3H3/t17-,25-,26+. The molecule has 0 radical (unpaired) electrons. The molecule has 2 N–H and O–H groups in total. The third-order valence-corrected chi connectivity index (χ3v) is 7.70. The second kappa shape index (κ2) is 8.55. The van der Waals surface area contributed by atoms with Crippen LogP contribution in [-0.4, -0.2) is 67.6 Å². The van der Waals surface area contributed by atoms with Crippen LogP contribution < -0.4 is 19.7 Å². The minimum atomic E-state index is 0.0409. The smallest absolute Gasteiger partial charge is 0.278 e. The van der Waals surface area contributed by atoms with Crippen LogP contribution in [-0.2, 0) is 0 Å². The molecule has 3 aliphatic heterocycles. The van der Waals surface area contributed by atoms with E-state index in [0.29, 0.717) is 53.7 Å². The largest absolute Gasteiger partial charge is 0.507 e. The average molecular weight is 490 g/mol. The number of phenolic OH excluding ortho intramolecular Hbond substituents is 1. The molecule has 6 rings (SSSR count). The van der Waals surface area contributed by atoms with Crippen LogP contribution in [0.15, 0.2) is 30.6 Å². The predicted molar refractivity (Wildman–Crippen MR) is 134 cm³/mol. The van der Waals surface area contributed by atoms with Crippen LogP contribution in [0.25, 0.3) is 22.6 Å². The van der Waals surface area contributed by atoms with Crippen molar-refractivity contribution in [2.24, 2.45) is 0 Å². The van der Waals surface area contributed by atoms with Gasteiger partial charge < -0.3 is 24.8 Å². The summed E-state index contributed by atoms with van der Waals surface area (Å²) in [5.41, 5.74) is 2.08. The van der Waals surface area contributed by atoms with Gasteiger partial charge in [0.25, 0.3) is 11.8 Å². The van der Waals surface area contributed by atoms with Gasteiger partial charge in [-0.3, -0.25) is 0 Å². The van der Waals surface area contributed by atoms with E-state index >= 15 is 0 Å². The van der Waals surface area contributed by atoms with Gasteiger partial charge in [0, 0.05) is 29.7 Å². The minimum absolute atomic E-state index is 0.0409. The molecule has 3 atom stereocenters. The number of phenols is 1. The molecule has 0 saturated carbocycles. The fourth-order valence-corrected chi connectivity index (χ4v) is 6.01. The van der Waals surface area contributed by atoms with Gasteiger partial charge in [-0.1, -0.05) is 6.07 Å². The van der Waals surface area contributed by atoms with Gasteiger partial charge in [-0.2, -0.15) is 0 Å². The van der Waals surface area contributed by atoms with Gasteiger partial charge in [-0.05, 0) is 58.1 Å². The van der Waals surface area contributed by atoms with Crippen molar-refractivity contribution in [3.05, 3.63) is 30.6 Å². The van der Waals surface area contributed by atoms with Crippen molar-refractivity contribution in [2.75, 3.05) is 25.2 Å². The topological polar surface area (TPSA) is 118 Å². The Bertz CT molecular complexity index is 1270. The number of aromatic nitrogens is 5. The molecular weight excluding hydrogens is 458 g/mol. The van der Waals surface area contributed by atoms with Crippen molar-refractivity contribution in [1.82, 2.24) is 30.5 Å². The third-order valence-electron chi connectivity index (χ3n) is 7.70. The van der Waals surface area contributed by atoms with Gasteiger partial charge in [0.05, 0.1) is 23.7 Å². The lowest BCUT2D eigenvalue weighted by Crippen LogP contribution is -2.66. The number of ether oxygens (including phenoxy) is 2. The fraction of sp³-hybridized carbons (Fsp3) is 0.500. The summed E-state index contributed by atoms with van der Waals surface area (Å²) in [6, 6.07) is 5.59. The maximum atomic E-state index is 10.7.